The quantitative estimate of drug-likeness (QED) is 0.481. The molecule has 3 unspecified atom stereocenters. The van der Waals surface area contributed by atoms with Crippen LogP contribution in [0.3, 0.4) is 0 Å². The Hall–Kier alpha value is -3.71. The van der Waals surface area contributed by atoms with Crippen molar-refractivity contribution in [2.75, 3.05) is 9.80 Å². The van der Waals surface area contributed by atoms with E-state index in [1.165, 1.54) is 12.3 Å². The summed E-state index contributed by atoms with van der Waals surface area (Å²) < 4.78 is 5.17. The van der Waals surface area contributed by atoms with Crippen LogP contribution in [0, 0.1) is 5.92 Å². The first kappa shape index (κ1) is 21.2. The van der Waals surface area contributed by atoms with E-state index in [0.29, 0.717) is 30.8 Å². The molecule has 0 bridgehead atoms. The lowest BCUT2D eigenvalue weighted by Gasteiger charge is -2.32. The Bertz CT molecular complexity index is 1180. The number of benzene rings is 2. The minimum absolute atomic E-state index is 0.00460. The van der Waals surface area contributed by atoms with Gasteiger partial charge in [-0.15, -0.1) is 0 Å². The van der Waals surface area contributed by atoms with Crippen LogP contribution in [-0.4, -0.2) is 29.7 Å². The summed E-state index contributed by atoms with van der Waals surface area (Å²) in [5, 5.41) is 0. The molecule has 2 aromatic carbocycles. The Balaban J connectivity index is 1.57. The summed E-state index contributed by atoms with van der Waals surface area (Å²) in [5.41, 5.74) is 8.41. The van der Waals surface area contributed by atoms with Crippen molar-refractivity contribution in [1.29, 1.82) is 0 Å². The molecular formula is C26H25N3O4. The molecule has 0 spiro atoms. The van der Waals surface area contributed by atoms with Gasteiger partial charge in [-0.25, -0.2) is 0 Å². The summed E-state index contributed by atoms with van der Waals surface area (Å²) in [6.45, 7) is 0.402. The Morgan fingerprint density at radius 1 is 0.970 bits per heavy atom. The number of carbonyl (C=O) groups excluding carboxylic acids is 3. The van der Waals surface area contributed by atoms with Gasteiger partial charge < -0.3 is 20.0 Å². The lowest BCUT2D eigenvalue weighted by molar-refractivity contribution is -0.123. The lowest BCUT2D eigenvalue weighted by atomic mass is 9.99. The molecule has 1 saturated carbocycles. The first-order valence-corrected chi connectivity index (χ1v) is 11.2. The first-order chi connectivity index (χ1) is 16.1. The third kappa shape index (κ3) is 3.74. The number of para-hydroxylation sites is 2. The normalized spacial score (nSPS) is 20.7. The van der Waals surface area contributed by atoms with Crippen LogP contribution in [-0.2, 0) is 16.1 Å². The number of fused-ring (bicyclic) bond motifs is 2. The van der Waals surface area contributed by atoms with E-state index in [4.69, 9.17) is 10.2 Å². The Kier molecular flexibility index (Phi) is 5.56. The highest BCUT2D eigenvalue weighted by atomic mass is 16.3. The highest BCUT2D eigenvalue weighted by Gasteiger charge is 2.47. The number of rotatable bonds is 5. The van der Waals surface area contributed by atoms with Crippen LogP contribution >= 0.6 is 0 Å². The third-order valence-corrected chi connectivity index (χ3v) is 6.56. The smallest absolute Gasteiger partial charge is 0.252 e. The van der Waals surface area contributed by atoms with Gasteiger partial charge in [0.25, 0.3) is 5.91 Å². The largest absolute Gasteiger partial charge is 0.461 e. The van der Waals surface area contributed by atoms with Crippen LogP contribution in [0.5, 0.6) is 0 Å². The van der Waals surface area contributed by atoms with Crippen molar-refractivity contribution in [1.82, 2.24) is 0 Å². The van der Waals surface area contributed by atoms with E-state index in [9.17, 15) is 14.4 Å². The average Bonchev–Trinajstić information content (AvgIpc) is 3.54. The second-order valence-corrected chi connectivity index (χ2v) is 8.53. The van der Waals surface area contributed by atoms with Crippen LogP contribution in [0.2, 0.25) is 0 Å². The molecule has 2 aliphatic rings. The van der Waals surface area contributed by atoms with Gasteiger partial charge in [0, 0.05) is 6.04 Å². The molecule has 5 rings (SSSR count). The Labute approximate surface area is 191 Å². The van der Waals surface area contributed by atoms with E-state index >= 15 is 0 Å². The van der Waals surface area contributed by atoms with Gasteiger partial charge in [0.15, 0.2) is 11.8 Å². The number of Topliss-reactive ketones (excluding diaryl/α,β-unsaturated/α-hetero) is 1. The van der Waals surface area contributed by atoms with E-state index in [1.807, 2.05) is 54.6 Å². The van der Waals surface area contributed by atoms with E-state index in [2.05, 4.69) is 0 Å². The van der Waals surface area contributed by atoms with Gasteiger partial charge in [0.05, 0.1) is 30.1 Å². The standard InChI is InChI=1S/C26H25N3O4/c27-23(24(30)22-14-7-15-33-22)26(32)29-19-13-6-10-18(19)25(31)28(16-17-8-2-1-3-9-17)20-11-4-5-12-21(20)29/h1-5,7-9,11-12,14-15,18-19,23H,6,10,13,16,27H2. The predicted molar refractivity (Wildman–Crippen MR) is 124 cm³/mol. The molecule has 3 atom stereocenters. The fourth-order valence-corrected chi connectivity index (χ4v) is 4.98. The van der Waals surface area contributed by atoms with Gasteiger partial charge in [-0.3, -0.25) is 14.4 Å². The van der Waals surface area contributed by atoms with E-state index in [0.717, 1.165) is 12.0 Å². The predicted octanol–water partition coefficient (Wildman–Crippen LogP) is 3.54. The zero-order chi connectivity index (χ0) is 22.9. The van der Waals surface area contributed by atoms with Gasteiger partial charge in [-0.05, 0) is 42.7 Å². The molecule has 1 aliphatic heterocycles. The summed E-state index contributed by atoms with van der Waals surface area (Å²) in [4.78, 5) is 43.6. The summed E-state index contributed by atoms with van der Waals surface area (Å²) in [6, 6.07) is 18.4. The number of hydrogen-bond donors (Lipinski definition) is 1. The van der Waals surface area contributed by atoms with Gasteiger partial charge in [-0.2, -0.15) is 0 Å². The van der Waals surface area contributed by atoms with Crippen LogP contribution in [0.4, 0.5) is 11.4 Å². The topological polar surface area (TPSA) is 96.8 Å². The second kappa shape index (κ2) is 8.67. The maximum absolute atomic E-state index is 13.7. The average molecular weight is 444 g/mol. The van der Waals surface area contributed by atoms with Crippen molar-refractivity contribution in [3.05, 3.63) is 84.3 Å². The van der Waals surface area contributed by atoms with Gasteiger partial charge >= 0.3 is 0 Å². The molecule has 0 saturated heterocycles. The molecule has 0 radical (unpaired) electrons. The summed E-state index contributed by atoms with van der Waals surface area (Å²) in [6.07, 6.45) is 3.57. The van der Waals surface area contributed by atoms with Crippen molar-refractivity contribution < 1.29 is 18.8 Å². The molecule has 7 nitrogen and oxygen atoms in total. The van der Waals surface area contributed by atoms with Crippen LogP contribution in [0.15, 0.2) is 77.4 Å². The van der Waals surface area contributed by atoms with Gasteiger partial charge in [-0.1, -0.05) is 48.9 Å². The molecular weight excluding hydrogens is 418 g/mol. The SMILES string of the molecule is NC(C(=O)c1ccco1)C(=O)N1c2ccccc2N(Cc2ccccc2)C(=O)C2CCCC21. The first-order valence-electron chi connectivity index (χ1n) is 11.2. The Morgan fingerprint density at radius 3 is 2.42 bits per heavy atom. The number of nitrogens with zero attached hydrogens (tertiary/aromatic N) is 2. The fraction of sp³-hybridized carbons (Fsp3) is 0.269. The van der Waals surface area contributed by atoms with Crippen LogP contribution in [0.1, 0.15) is 35.4 Å². The molecule has 1 aromatic heterocycles. The number of hydrogen-bond acceptors (Lipinski definition) is 5. The summed E-state index contributed by atoms with van der Waals surface area (Å²) >= 11 is 0. The molecule has 2 heterocycles. The maximum atomic E-state index is 13.7. The van der Waals surface area contributed by atoms with Crippen molar-refractivity contribution in [2.45, 2.75) is 37.9 Å². The van der Waals surface area contributed by atoms with Crippen molar-refractivity contribution in [3.8, 4) is 0 Å². The van der Waals surface area contributed by atoms with E-state index < -0.39 is 17.7 Å². The van der Waals surface area contributed by atoms with E-state index in [-0.39, 0.29) is 23.6 Å². The zero-order valence-electron chi connectivity index (χ0n) is 18.1. The number of anilines is 2. The minimum atomic E-state index is -1.42. The summed E-state index contributed by atoms with van der Waals surface area (Å²) in [7, 11) is 0. The molecule has 2 amide bonds. The van der Waals surface area contributed by atoms with Crippen LogP contribution in [0.25, 0.3) is 0 Å². The van der Waals surface area contributed by atoms with Crippen molar-refractivity contribution in [3.63, 3.8) is 0 Å². The Morgan fingerprint density at radius 2 is 1.70 bits per heavy atom. The molecule has 33 heavy (non-hydrogen) atoms. The number of ketones is 1. The molecule has 7 heteroatoms. The molecule has 2 N–H and O–H groups in total. The monoisotopic (exact) mass is 443 g/mol. The van der Waals surface area contributed by atoms with Crippen molar-refractivity contribution in [2.24, 2.45) is 11.7 Å². The lowest BCUT2D eigenvalue weighted by Crippen LogP contribution is -2.53. The highest BCUT2D eigenvalue weighted by Crippen LogP contribution is 2.43. The van der Waals surface area contributed by atoms with Gasteiger partial charge in [0.1, 0.15) is 0 Å². The van der Waals surface area contributed by atoms with Crippen LogP contribution < -0.4 is 15.5 Å². The fourth-order valence-electron chi connectivity index (χ4n) is 4.98. The summed E-state index contributed by atoms with van der Waals surface area (Å²) in [5.74, 6) is -1.40. The number of amides is 2. The highest BCUT2D eigenvalue weighted by molar-refractivity contribution is 6.18. The molecule has 168 valence electrons. The van der Waals surface area contributed by atoms with E-state index in [1.54, 1.807) is 15.9 Å². The number of furan rings is 1. The molecule has 3 aromatic rings. The zero-order valence-corrected chi connectivity index (χ0v) is 18.1. The molecule has 1 aliphatic carbocycles. The minimum Gasteiger partial charge on any atom is -0.461 e. The maximum Gasteiger partial charge on any atom is 0.252 e. The van der Waals surface area contributed by atoms with Gasteiger partial charge in [0.2, 0.25) is 11.7 Å². The molecule has 1 fully saturated rings. The third-order valence-electron chi connectivity index (χ3n) is 6.56. The number of carbonyl (C=O) groups is 3. The van der Waals surface area contributed by atoms with Crippen molar-refractivity contribution >= 4 is 29.0 Å². The second-order valence-electron chi connectivity index (χ2n) is 8.53. The number of nitrogens with two attached hydrogens (primary N) is 1.